The van der Waals surface area contributed by atoms with E-state index in [9.17, 15) is 8.42 Å². The van der Waals surface area contributed by atoms with Gasteiger partial charge in [0.05, 0.1) is 6.26 Å². The fraction of sp³-hybridized carbons (Fsp3) is 1.00. The van der Waals surface area contributed by atoms with Crippen molar-refractivity contribution in [3.05, 3.63) is 0 Å². The molecule has 0 radical (unpaired) electrons. The lowest BCUT2D eigenvalue weighted by molar-refractivity contribution is 0.142. The fourth-order valence-electron chi connectivity index (χ4n) is 3.50. The number of piperidine rings is 1. The van der Waals surface area contributed by atoms with Crippen molar-refractivity contribution in [3.8, 4) is 0 Å². The second-order valence-corrected chi connectivity index (χ2v) is 8.12. The minimum atomic E-state index is -2.99. The maximum absolute atomic E-state index is 11.5. The number of rotatable bonds is 3. The normalized spacial score (nSPS) is 29.3. The average Bonchev–Trinajstić information content (AvgIpc) is 2.63. The van der Waals surface area contributed by atoms with Crippen LogP contribution in [0.4, 0.5) is 0 Å². The quantitative estimate of drug-likeness (QED) is 0.796. The topological polar surface area (TPSA) is 40.6 Å². The third-order valence-corrected chi connectivity index (χ3v) is 6.17. The molecular weight excluding hydrogens is 260 g/mol. The number of hydrogen-bond donors (Lipinski definition) is 0. The van der Waals surface area contributed by atoms with Crippen molar-refractivity contribution in [1.82, 2.24) is 9.21 Å². The van der Waals surface area contributed by atoms with E-state index in [0.29, 0.717) is 19.1 Å². The van der Waals surface area contributed by atoms with E-state index in [-0.39, 0.29) is 0 Å². The Morgan fingerprint density at radius 3 is 2.26 bits per heavy atom. The molecule has 0 amide bonds. The Bertz CT molecular complexity index is 375. The maximum Gasteiger partial charge on any atom is 0.211 e. The summed E-state index contributed by atoms with van der Waals surface area (Å²) in [6.45, 7) is 6.13. The average molecular weight is 288 g/mol. The van der Waals surface area contributed by atoms with Crippen LogP contribution in [0.3, 0.4) is 0 Å². The second-order valence-electron chi connectivity index (χ2n) is 6.13. The summed E-state index contributed by atoms with van der Waals surface area (Å²) in [5.74, 6) is 0.904. The van der Waals surface area contributed by atoms with Crippen LogP contribution in [0.25, 0.3) is 0 Å². The predicted molar refractivity (Wildman–Crippen MR) is 78.6 cm³/mol. The smallest absolute Gasteiger partial charge is 0.211 e. The second kappa shape index (κ2) is 6.55. The summed E-state index contributed by atoms with van der Waals surface area (Å²) in [4.78, 5) is 2.62. The first-order valence-corrected chi connectivity index (χ1v) is 9.54. The van der Waals surface area contributed by atoms with Gasteiger partial charge in [-0.25, -0.2) is 12.7 Å². The Morgan fingerprint density at radius 2 is 1.68 bits per heavy atom. The number of nitrogens with zero attached hydrogens (tertiary/aromatic N) is 2. The standard InChI is InChI=1S/C14H28N2O2S/c1-3-13-5-4-9-15(10-6-13)14-7-11-16(12-8-14)19(2,17)18/h13-14H,3-12H2,1-2H3. The van der Waals surface area contributed by atoms with Gasteiger partial charge in [-0.2, -0.15) is 0 Å². The van der Waals surface area contributed by atoms with E-state index in [1.54, 1.807) is 4.31 Å². The largest absolute Gasteiger partial charge is 0.300 e. The molecule has 2 aliphatic rings. The van der Waals surface area contributed by atoms with E-state index in [2.05, 4.69) is 11.8 Å². The molecule has 2 fully saturated rings. The van der Waals surface area contributed by atoms with Crippen molar-refractivity contribution in [3.63, 3.8) is 0 Å². The Kier molecular flexibility index (Phi) is 5.26. The van der Waals surface area contributed by atoms with E-state index in [1.807, 2.05) is 0 Å². The molecule has 2 saturated heterocycles. The van der Waals surface area contributed by atoms with Gasteiger partial charge in [-0.3, -0.25) is 0 Å². The first-order valence-electron chi connectivity index (χ1n) is 7.70. The molecule has 0 N–H and O–H groups in total. The molecule has 112 valence electrons. The summed E-state index contributed by atoms with van der Waals surface area (Å²) in [7, 11) is -2.99. The third kappa shape index (κ3) is 4.17. The van der Waals surface area contributed by atoms with E-state index < -0.39 is 10.0 Å². The Morgan fingerprint density at radius 1 is 1.00 bits per heavy atom. The lowest BCUT2D eigenvalue weighted by Crippen LogP contribution is -2.46. The Labute approximate surface area is 118 Å². The maximum atomic E-state index is 11.5. The number of sulfonamides is 1. The molecule has 2 rings (SSSR count). The van der Waals surface area contributed by atoms with Crippen LogP contribution < -0.4 is 0 Å². The van der Waals surface area contributed by atoms with Gasteiger partial charge >= 0.3 is 0 Å². The van der Waals surface area contributed by atoms with Crippen molar-refractivity contribution in [2.45, 2.75) is 51.5 Å². The molecule has 0 bridgehead atoms. The predicted octanol–water partition coefficient (Wildman–Crippen LogP) is 1.92. The van der Waals surface area contributed by atoms with Crippen LogP contribution in [-0.2, 0) is 10.0 Å². The number of hydrogen-bond acceptors (Lipinski definition) is 3. The zero-order valence-corrected chi connectivity index (χ0v) is 13.2. The molecule has 0 aromatic heterocycles. The van der Waals surface area contributed by atoms with Gasteiger partial charge in [-0.15, -0.1) is 0 Å². The third-order valence-electron chi connectivity index (χ3n) is 4.87. The fourth-order valence-corrected chi connectivity index (χ4v) is 4.37. The van der Waals surface area contributed by atoms with Gasteiger partial charge in [0.2, 0.25) is 10.0 Å². The van der Waals surface area contributed by atoms with Crippen molar-refractivity contribution in [1.29, 1.82) is 0 Å². The Hall–Kier alpha value is -0.130. The van der Waals surface area contributed by atoms with Crippen LogP contribution in [0.15, 0.2) is 0 Å². The summed E-state index contributed by atoms with van der Waals surface area (Å²) < 4.78 is 24.7. The van der Waals surface area contributed by atoms with Crippen molar-refractivity contribution < 1.29 is 8.42 Å². The van der Waals surface area contributed by atoms with Gasteiger partial charge in [0, 0.05) is 19.1 Å². The Balaban J connectivity index is 1.84. The summed E-state index contributed by atoms with van der Waals surface area (Å²) in [6, 6.07) is 0.605. The molecule has 0 spiro atoms. The first kappa shape index (κ1) is 15.3. The highest BCUT2D eigenvalue weighted by Gasteiger charge is 2.29. The first-order chi connectivity index (χ1) is 9.00. The molecule has 19 heavy (non-hydrogen) atoms. The van der Waals surface area contributed by atoms with Gasteiger partial charge in [-0.1, -0.05) is 13.3 Å². The zero-order chi connectivity index (χ0) is 13.9. The summed E-state index contributed by atoms with van der Waals surface area (Å²) in [6.07, 6.45) is 8.64. The highest BCUT2D eigenvalue weighted by Crippen LogP contribution is 2.25. The van der Waals surface area contributed by atoms with Crippen molar-refractivity contribution >= 4 is 10.0 Å². The van der Waals surface area contributed by atoms with Crippen LogP contribution in [0.1, 0.15) is 45.4 Å². The molecule has 1 atom stereocenters. The zero-order valence-electron chi connectivity index (χ0n) is 12.3. The van der Waals surface area contributed by atoms with E-state index in [4.69, 9.17) is 0 Å². The minimum Gasteiger partial charge on any atom is -0.300 e. The molecule has 0 aliphatic carbocycles. The molecular formula is C14H28N2O2S. The monoisotopic (exact) mass is 288 g/mol. The van der Waals surface area contributed by atoms with E-state index in [1.165, 1.54) is 45.0 Å². The van der Waals surface area contributed by atoms with Crippen LogP contribution in [0.2, 0.25) is 0 Å². The molecule has 2 heterocycles. The highest BCUT2D eigenvalue weighted by atomic mass is 32.2. The molecule has 0 saturated carbocycles. The van der Waals surface area contributed by atoms with Crippen LogP contribution in [-0.4, -0.2) is 56.1 Å². The van der Waals surface area contributed by atoms with Crippen LogP contribution >= 0.6 is 0 Å². The van der Waals surface area contributed by atoms with Gasteiger partial charge in [0.25, 0.3) is 0 Å². The molecule has 0 aromatic carbocycles. The van der Waals surface area contributed by atoms with Crippen LogP contribution in [0, 0.1) is 5.92 Å². The molecule has 4 nitrogen and oxygen atoms in total. The number of likely N-dealkylation sites (tertiary alicyclic amines) is 1. The lowest BCUT2D eigenvalue weighted by atomic mass is 9.98. The molecule has 2 aliphatic heterocycles. The summed E-state index contributed by atoms with van der Waals surface area (Å²) >= 11 is 0. The van der Waals surface area contributed by atoms with Gasteiger partial charge < -0.3 is 4.90 Å². The highest BCUT2D eigenvalue weighted by molar-refractivity contribution is 7.88. The van der Waals surface area contributed by atoms with Crippen molar-refractivity contribution in [2.24, 2.45) is 5.92 Å². The molecule has 1 unspecified atom stereocenters. The minimum absolute atomic E-state index is 0.605. The van der Waals surface area contributed by atoms with Gasteiger partial charge in [-0.05, 0) is 51.1 Å². The SMILES string of the molecule is CCC1CCCN(C2CCN(S(C)(=O)=O)CC2)CC1. The molecule has 5 heteroatoms. The summed E-state index contributed by atoms with van der Waals surface area (Å²) in [5, 5.41) is 0. The van der Waals surface area contributed by atoms with Gasteiger partial charge in [0.15, 0.2) is 0 Å². The van der Waals surface area contributed by atoms with Crippen molar-refractivity contribution in [2.75, 3.05) is 32.4 Å². The van der Waals surface area contributed by atoms with Gasteiger partial charge in [0.1, 0.15) is 0 Å². The lowest BCUT2D eigenvalue weighted by Gasteiger charge is -2.37. The van der Waals surface area contributed by atoms with E-state index >= 15 is 0 Å². The van der Waals surface area contributed by atoms with Crippen LogP contribution in [0.5, 0.6) is 0 Å². The van der Waals surface area contributed by atoms with E-state index in [0.717, 1.165) is 18.8 Å². The summed E-state index contributed by atoms with van der Waals surface area (Å²) in [5.41, 5.74) is 0. The molecule has 0 aromatic rings.